The third-order valence-corrected chi connectivity index (χ3v) is 1.65. The number of aliphatic hydroxyl groups excluding tert-OH is 1. The van der Waals surface area contributed by atoms with E-state index in [0.717, 1.165) is 0 Å². The summed E-state index contributed by atoms with van der Waals surface area (Å²) in [4.78, 5) is 0. The van der Waals surface area contributed by atoms with Gasteiger partial charge in [0.05, 0.1) is 46.2 Å². The second kappa shape index (κ2) is 12.8. The molecule has 0 saturated heterocycles. The average Bonchev–Trinajstić information content (AvgIpc) is 2.29. The van der Waals surface area contributed by atoms with E-state index in [2.05, 4.69) is 0 Å². The van der Waals surface area contributed by atoms with Gasteiger partial charge in [-0.15, -0.1) is 0 Å². The van der Waals surface area contributed by atoms with Crippen LogP contribution >= 0.6 is 0 Å². The van der Waals surface area contributed by atoms with Gasteiger partial charge in [0.25, 0.3) is 0 Å². The number of hydrogen-bond donors (Lipinski definition) is 2. The summed E-state index contributed by atoms with van der Waals surface area (Å²) in [6.45, 7) is 5.21. The highest BCUT2D eigenvalue weighted by Crippen LogP contribution is 1.87. The van der Waals surface area contributed by atoms with E-state index < -0.39 is 6.23 Å². The molecular formula is C10H23NO5. The van der Waals surface area contributed by atoms with E-state index in [1.54, 1.807) is 0 Å². The van der Waals surface area contributed by atoms with Gasteiger partial charge in [-0.05, 0) is 6.92 Å². The molecule has 0 saturated carbocycles. The Balaban J connectivity index is 3.08. The standard InChI is InChI=1S/C10H23NO5/c1-2-13-7-8-16-10(11)9-15-6-5-14-4-3-12/h10,12H,2-9,11H2,1H3. The van der Waals surface area contributed by atoms with Crippen LogP contribution in [0.2, 0.25) is 0 Å². The number of rotatable bonds is 12. The number of nitrogens with two attached hydrogens (primary N) is 1. The second-order valence-corrected chi connectivity index (χ2v) is 3.02. The Morgan fingerprint density at radius 3 is 2.38 bits per heavy atom. The highest BCUT2D eigenvalue weighted by Gasteiger charge is 2.01. The van der Waals surface area contributed by atoms with E-state index in [1.807, 2.05) is 6.92 Å². The van der Waals surface area contributed by atoms with E-state index in [4.69, 9.17) is 29.8 Å². The van der Waals surface area contributed by atoms with Crippen molar-refractivity contribution in [3.63, 3.8) is 0 Å². The number of ether oxygens (including phenoxy) is 4. The first-order valence-corrected chi connectivity index (χ1v) is 5.52. The molecule has 0 aliphatic heterocycles. The van der Waals surface area contributed by atoms with E-state index in [0.29, 0.717) is 46.2 Å². The minimum Gasteiger partial charge on any atom is -0.394 e. The van der Waals surface area contributed by atoms with Gasteiger partial charge in [0.2, 0.25) is 0 Å². The third-order valence-electron chi connectivity index (χ3n) is 1.65. The van der Waals surface area contributed by atoms with Gasteiger partial charge in [-0.2, -0.15) is 0 Å². The van der Waals surface area contributed by atoms with Gasteiger partial charge in [0.1, 0.15) is 6.23 Å². The van der Waals surface area contributed by atoms with Crippen LogP contribution in [0.3, 0.4) is 0 Å². The molecule has 98 valence electrons. The zero-order valence-electron chi connectivity index (χ0n) is 9.89. The summed E-state index contributed by atoms with van der Waals surface area (Å²) in [6.07, 6.45) is -0.432. The monoisotopic (exact) mass is 237 g/mol. The van der Waals surface area contributed by atoms with Crippen LogP contribution in [0.5, 0.6) is 0 Å². The summed E-state index contributed by atoms with van der Waals surface area (Å²) in [5.74, 6) is 0. The Morgan fingerprint density at radius 1 is 1.00 bits per heavy atom. The van der Waals surface area contributed by atoms with Crippen molar-refractivity contribution < 1.29 is 24.1 Å². The lowest BCUT2D eigenvalue weighted by Gasteiger charge is -2.13. The summed E-state index contributed by atoms with van der Waals surface area (Å²) >= 11 is 0. The van der Waals surface area contributed by atoms with Gasteiger partial charge in [-0.3, -0.25) is 0 Å². The summed E-state index contributed by atoms with van der Waals surface area (Å²) in [5, 5.41) is 8.43. The topological polar surface area (TPSA) is 83.2 Å². The molecular weight excluding hydrogens is 214 g/mol. The smallest absolute Gasteiger partial charge is 0.129 e. The zero-order valence-corrected chi connectivity index (χ0v) is 9.89. The molecule has 0 aliphatic rings. The van der Waals surface area contributed by atoms with Crippen LogP contribution in [0.1, 0.15) is 6.92 Å². The molecule has 16 heavy (non-hydrogen) atoms. The maximum absolute atomic E-state index is 8.43. The number of aliphatic hydroxyl groups is 1. The molecule has 0 bridgehead atoms. The normalized spacial score (nSPS) is 12.9. The Hall–Kier alpha value is -0.240. The highest BCUT2D eigenvalue weighted by molar-refractivity contribution is 4.45. The molecule has 0 fully saturated rings. The van der Waals surface area contributed by atoms with Crippen LogP contribution in [-0.2, 0) is 18.9 Å². The zero-order chi connectivity index (χ0) is 12.1. The van der Waals surface area contributed by atoms with Gasteiger partial charge >= 0.3 is 0 Å². The molecule has 0 aromatic rings. The van der Waals surface area contributed by atoms with E-state index in [9.17, 15) is 0 Å². The Kier molecular flexibility index (Phi) is 12.6. The maximum atomic E-state index is 8.43. The Bertz CT molecular complexity index is 136. The van der Waals surface area contributed by atoms with Crippen LogP contribution < -0.4 is 5.73 Å². The molecule has 6 nitrogen and oxygen atoms in total. The molecule has 0 radical (unpaired) electrons. The predicted octanol–water partition coefficient (Wildman–Crippen LogP) is -0.650. The van der Waals surface area contributed by atoms with Crippen LogP contribution in [0.25, 0.3) is 0 Å². The molecule has 0 spiro atoms. The van der Waals surface area contributed by atoms with Crippen molar-refractivity contribution in [3.8, 4) is 0 Å². The molecule has 0 aromatic carbocycles. The molecule has 0 heterocycles. The molecule has 0 amide bonds. The van der Waals surface area contributed by atoms with Crippen molar-refractivity contribution in [1.29, 1.82) is 0 Å². The second-order valence-electron chi connectivity index (χ2n) is 3.02. The molecule has 1 atom stereocenters. The Labute approximate surface area is 96.6 Å². The Morgan fingerprint density at radius 2 is 1.69 bits per heavy atom. The molecule has 0 aliphatic carbocycles. The first-order valence-electron chi connectivity index (χ1n) is 5.52. The minimum atomic E-state index is -0.432. The van der Waals surface area contributed by atoms with Gasteiger partial charge in [0, 0.05) is 6.61 Å². The van der Waals surface area contributed by atoms with Crippen molar-refractivity contribution in [2.24, 2.45) is 5.73 Å². The van der Waals surface area contributed by atoms with Crippen molar-refractivity contribution >= 4 is 0 Å². The average molecular weight is 237 g/mol. The fourth-order valence-corrected chi connectivity index (χ4v) is 0.935. The molecule has 0 aromatic heterocycles. The van der Waals surface area contributed by atoms with Crippen molar-refractivity contribution in [2.45, 2.75) is 13.2 Å². The van der Waals surface area contributed by atoms with Crippen molar-refractivity contribution in [3.05, 3.63) is 0 Å². The summed E-state index contributed by atoms with van der Waals surface area (Å²) in [7, 11) is 0. The van der Waals surface area contributed by atoms with Crippen molar-refractivity contribution in [1.82, 2.24) is 0 Å². The lowest BCUT2D eigenvalue weighted by atomic mass is 10.6. The fraction of sp³-hybridized carbons (Fsp3) is 1.00. The van der Waals surface area contributed by atoms with E-state index in [1.165, 1.54) is 0 Å². The van der Waals surface area contributed by atoms with Gasteiger partial charge in [-0.1, -0.05) is 0 Å². The fourth-order valence-electron chi connectivity index (χ4n) is 0.935. The molecule has 0 rings (SSSR count). The minimum absolute atomic E-state index is 0.0278. The van der Waals surface area contributed by atoms with Gasteiger partial charge < -0.3 is 29.8 Å². The quantitative estimate of drug-likeness (QED) is 0.347. The lowest BCUT2D eigenvalue weighted by molar-refractivity contribution is -0.0450. The molecule has 1 unspecified atom stereocenters. The predicted molar refractivity (Wildman–Crippen MR) is 59.1 cm³/mol. The first-order chi connectivity index (χ1) is 7.81. The summed E-state index contributed by atoms with van der Waals surface area (Å²) in [5.41, 5.74) is 5.61. The third kappa shape index (κ3) is 11.8. The van der Waals surface area contributed by atoms with E-state index >= 15 is 0 Å². The molecule has 3 N–H and O–H groups in total. The highest BCUT2D eigenvalue weighted by atomic mass is 16.6. The van der Waals surface area contributed by atoms with Gasteiger partial charge in [-0.25, -0.2) is 0 Å². The van der Waals surface area contributed by atoms with Gasteiger partial charge in [0.15, 0.2) is 0 Å². The summed E-state index contributed by atoms with van der Waals surface area (Å²) in [6, 6.07) is 0. The SMILES string of the molecule is CCOCCOC(N)COCCOCCO. The largest absolute Gasteiger partial charge is 0.394 e. The van der Waals surface area contributed by atoms with Crippen molar-refractivity contribution in [2.75, 3.05) is 52.9 Å². The van der Waals surface area contributed by atoms with Crippen LogP contribution in [0, 0.1) is 0 Å². The van der Waals surface area contributed by atoms with Crippen LogP contribution in [0.4, 0.5) is 0 Å². The molecule has 6 heteroatoms. The summed E-state index contributed by atoms with van der Waals surface area (Å²) < 4.78 is 20.5. The maximum Gasteiger partial charge on any atom is 0.129 e. The van der Waals surface area contributed by atoms with Crippen LogP contribution in [0.15, 0.2) is 0 Å². The number of hydrogen-bond acceptors (Lipinski definition) is 6. The lowest BCUT2D eigenvalue weighted by Crippen LogP contribution is -2.31. The van der Waals surface area contributed by atoms with E-state index in [-0.39, 0.29) is 6.61 Å². The first kappa shape index (κ1) is 15.8. The van der Waals surface area contributed by atoms with Crippen LogP contribution in [-0.4, -0.2) is 64.2 Å².